The van der Waals surface area contributed by atoms with E-state index in [4.69, 9.17) is 11.6 Å². The number of nitriles is 2. The third-order valence-electron chi connectivity index (χ3n) is 6.73. The highest BCUT2D eigenvalue weighted by Gasteiger charge is 2.31. The van der Waals surface area contributed by atoms with Crippen molar-refractivity contribution in [3.05, 3.63) is 34.6 Å². The van der Waals surface area contributed by atoms with E-state index in [2.05, 4.69) is 48.1 Å². The van der Waals surface area contributed by atoms with Crippen molar-refractivity contribution in [2.45, 2.75) is 44.7 Å². The van der Waals surface area contributed by atoms with Crippen LogP contribution >= 0.6 is 11.6 Å². The van der Waals surface area contributed by atoms with Gasteiger partial charge in [-0.1, -0.05) is 18.5 Å². The SMILES string of the molecule is CC[C@H]1CN(c2cc(C#N)cc(Nc3nc(NC4CC4)c4ncc(C#N)n4n3)c2Cl)CC[C@H]1NC(=O)O. The fourth-order valence-corrected chi connectivity index (χ4v) is 4.93. The summed E-state index contributed by atoms with van der Waals surface area (Å²) < 4.78 is 1.43. The molecule has 2 aromatic heterocycles. The van der Waals surface area contributed by atoms with Gasteiger partial charge in [0.1, 0.15) is 6.07 Å². The summed E-state index contributed by atoms with van der Waals surface area (Å²) in [6, 6.07) is 7.79. The lowest BCUT2D eigenvalue weighted by Gasteiger charge is -2.40. The Bertz CT molecular complexity index is 1440. The van der Waals surface area contributed by atoms with Crippen molar-refractivity contribution in [2.75, 3.05) is 28.6 Å². The summed E-state index contributed by atoms with van der Waals surface area (Å²) in [7, 11) is 0. The molecule has 0 bridgehead atoms. The fourth-order valence-electron chi connectivity index (χ4n) is 4.66. The number of fused-ring (bicyclic) bond motifs is 1. The lowest BCUT2D eigenvalue weighted by atomic mass is 9.89. The molecule has 0 radical (unpaired) electrons. The number of halogens is 1. The van der Waals surface area contributed by atoms with Crippen LogP contribution in [0.15, 0.2) is 18.3 Å². The first-order valence-electron chi connectivity index (χ1n) is 12.1. The summed E-state index contributed by atoms with van der Waals surface area (Å²) in [6.45, 7) is 3.19. The molecule has 2 aliphatic rings. The van der Waals surface area contributed by atoms with Crippen molar-refractivity contribution in [1.29, 1.82) is 10.5 Å². The average molecular weight is 521 g/mol. The molecule has 12 nitrogen and oxygen atoms in total. The van der Waals surface area contributed by atoms with E-state index in [9.17, 15) is 20.4 Å². The zero-order valence-electron chi connectivity index (χ0n) is 20.1. The van der Waals surface area contributed by atoms with Crippen molar-refractivity contribution in [3.63, 3.8) is 0 Å². The zero-order valence-corrected chi connectivity index (χ0v) is 20.8. The van der Waals surface area contributed by atoms with Crippen molar-refractivity contribution in [2.24, 2.45) is 5.92 Å². The third-order valence-corrected chi connectivity index (χ3v) is 7.13. The monoisotopic (exact) mass is 520 g/mol. The highest BCUT2D eigenvalue weighted by molar-refractivity contribution is 6.36. The van der Waals surface area contributed by atoms with E-state index in [-0.39, 0.29) is 23.6 Å². The van der Waals surface area contributed by atoms with E-state index in [1.165, 1.54) is 10.7 Å². The number of carboxylic acid groups (broad SMARTS) is 1. The van der Waals surface area contributed by atoms with Gasteiger partial charge in [-0.2, -0.15) is 20.0 Å². The molecule has 3 aromatic rings. The molecule has 0 spiro atoms. The number of hydrogen-bond donors (Lipinski definition) is 4. The number of amides is 1. The van der Waals surface area contributed by atoms with Gasteiger partial charge in [0.05, 0.1) is 34.2 Å². The largest absolute Gasteiger partial charge is 0.465 e. The molecule has 1 aromatic carbocycles. The maximum absolute atomic E-state index is 11.2. The van der Waals surface area contributed by atoms with Gasteiger partial charge < -0.3 is 26.0 Å². The van der Waals surface area contributed by atoms with Crippen LogP contribution in [0.3, 0.4) is 0 Å². The quantitative estimate of drug-likeness (QED) is 0.360. The van der Waals surface area contributed by atoms with Crippen LogP contribution in [0.5, 0.6) is 0 Å². The molecule has 1 saturated heterocycles. The first-order valence-corrected chi connectivity index (χ1v) is 12.5. The second kappa shape index (κ2) is 9.99. The van der Waals surface area contributed by atoms with Gasteiger partial charge in [-0.25, -0.2) is 9.78 Å². The minimum Gasteiger partial charge on any atom is -0.465 e. The Morgan fingerprint density at radius 1 is 1.27 bits per heavy atom. The van der Waals surface area contributed by atoms with E-state index < -0.39 is 6.09 Å². The van der Waals surface area contributed by atoms with Crippen LogP contribution in [0.25, 0.3) is 5.65 Å². The number of nitrogens with zero attached hydrogens (tertiary/aromatic N) is 7. The highest BCUT2D eigenvalue weighted by Crippen LogP contribution is 2.38. The number of nitrogens with one attached hydrogen (secondary N) is 3. The predicted octanol–water partition coefficient (Wildman–Crippen LogP) is 3.71. The first-order chi connectivity index (χ1) is 17.9. The van der Waals surface area contributed by atoms with Crippen molar-refractivity contribution >= 4 is 46.5 Å². The maximum atomic E-state index is 11.2. The topological polar surface area (TPSA) is 167 Å². The van der Waals surface area contributed by atoms with Crippen LogP contribution in [-0.4, -0.2) is 56.0 Å². The van der Waals surface area contributed by atoms with Crippen LogP contribution in [0.2, 0.25) is 5.02 Å². The van der Waals surface area contributed by atoms with E-state index >= 15 is 0 Å². The van der Waals surface area contributed by atoms with E-state index in [0.717, 1.165) is 19.3 Å². The number of anilines is 4. The lowest BCUT2D eigenvalue weighted by molar-refractivity contribution is 0.179. The van der Waals surface area contributed by atoms with Crippen molar-refractivity contribution < 1.29 is 9.90 Å². The Morgan fingerprint density at radius 2 is 2.08 bits per heavy atom. The molecule has 37 heavy (non-hydrogen) atoms. The molecule has 2 fully saturated rings. The van der Waals surface area contributed by atoms with Crippen LogP contribution in [0, 0.1) is 28.6 Å². The molecule has 3 heterocycles. The maximum Gasteiger partial charge on any atom is 0.404 e. The number of piperidine rings is 1. The summed E-state index contributed by atoms with van der Waals surface area (Å²) >= 11 is 6.86. The number of imidazole rings is 1. The summed E-state index contributed by atoms with van der Waals surface area (Å²) in [4.78, 5) is 22.1. The molecule has 1 aliphatic carbocycles. The van der Waals surface area contributed by atoms with Crippen molar-refractivity contribution in [1.82, 2.24) is 24.9 Å². The van der Waals surface area contributed by atoms with E-state index in [1.54, 1.807) is 12.1 Å². The Balaban J connectivity index is 1.48. The summed E-state index contributed by atoms with van der Waals surface area (Å²) in [6.07, 6.45) is 3.88. The number of carbonyl (C=O) groups is 1. The molecule has 4 N–H and O–H groups in total. The molecular weight excluding hydrogens is 496 g/mol. The molecule has 2 atom stereocenters. The second-order valence-corrected chi connectivity index (χ2v) is 9.62. The zero-order chi connectivity index (χ0) is 26.1. The van der Waals surface area contributed by atoms with Crippen LogP contribution in [0.1, 0.15) is 43.9 Å². The third kappa shape index (κ3) is 5.01. The summed E-state index contributed by atoms with van der Waals surface area (Å²) in [5, 5.41) is 42.3. The molecule has 1 saturated carbocycles. The Labute approximate surface area is 217 Å². The minimum atomic E-state index is -1.03. The Morgan fingerprint density at radius 3 is 2.76 bits per heavy atom. The van der Waals surface area contributed by atoms with Gasteiger partial charge in [-0.15, -0.1) is 5.10 Å². The Kier molecular flexibility index (Phi) is 6.59. The molecule has 0 unspecified atom stereocenters. The fraction of sp³-hybridized carbons (Fsp3) is 0.417. The summed E-state index contributed by atoms with van der Waals surface area (Å²) in [5.41, 5.74) is 2.24. The number of aromatic nitrogens is 4. The van der Waals surface area contributed by atoms with Gasteiger partial charge in [0.25, 0.3) is 0 Å². The van der Waals surface area contributed by atoms with Crippen molar-refractivity contribution in [3.8, 4) is 12.1 Å². The predicted molar refractivity (Wildman–Crippen MR) is 137 cm³/mol. The number of hydrogen-bond acceptors (Lipinski definition) is 9. The average Bonchev–Trinajstić information content (AvgIpc) is 3.61. The molecule has 1 aliphatic heterocycles. The molecular formula is C24H25ClN10O2. The number of benzene rings is 1. The van der Waals surface area contributed by atoms with Gasteiger partial charge >= 0.3 is 6.09 Å². The van der Waals surface area contributed by atoms with Gasteiger partial charge in [0.2, 0.25) is 5.95 Å². The van der Waals surface area contributed by atoms with Gasteiger partial charge in [-0.3, -0.25) is 0 Å². The van der Waals surface area contributed by atoms with Crippen LogP contribution < -0.4 is 20.9 Å². The van der Waals surface area contributed by atoms with E-state index in [1.807, 2.05) is 6.92 Å². The minimum absolute atomic E-state index is 0.0931. The summed E-state index contributed by atoms with van der Waals surface area (Å²) in [5.74, 6) is 0.799. The lowest BCUT2D eigenvalue weighted by Crippen LogP contribution is -2.50. The van der Waals surface area contributed by atoms with Gasteiger partial charge in [-0.05, 0) is 43.7 Å². The van der Waals surface area contributed by atoms with Gasteiger partial charge in [0.15, 0.2) is 17.2 Å². The molecule has 190 valence electrons. The standard InChI is InChI=1S/C24H25ClN10O2/c1-2-14-12-34(6-5-17(14)31-24(36)37)19-8-13(9-26)7-18(20(19)25)30-23-32-21(29-15-3-4-15)22-28-11-16(10-27)35(22)33-23/h7-8,11,14-15,17,31H,2-6,12H2,1H3,(H,36,37)(H2,29,30,32,33)/t14-,17+/m0/s1. The van der Waals surface area contributed by atoms with E-state index in [0.29, 0.717) is 59.0 Å². The second-order valence-electron chi connectivity index (χ2n) is 9.25. The molecule has 13 heteroatoms. The molecule has 1 amide bonds. The smallest absolute Gasteiger partial charge is 0.404 e. The Hall–Kier alpha value is -4.29. The van der Waals surface area contributed by atoms with Crippen LogP contribution in [-0.2, 0) is 0 Å². The normalized spacial score (nSPS) is 19.2. The highest BCUT2D eigenvalue weighted by atomic mass is 35.5. The van der Waals surface area contributed by atoms with Crippen LogP contribution in [0.4, 0.5) is 27.9 Å². The first kappa shape index (κ1) is 24.4. The van der Waals surface area contributed by atoms with Gasteiger partial charge in [0, 0.05) is 25.2 Å². The molecule has 5 rings (SSSR count). The number of rotatable bonds is 7.